The molecule has 1 aliphatic heterocycles. The van der Waals surface area contributed by atoms with Crippen LogP contribution in [0.5, 0.6) is 0 Å². The van der Waals surface area contributed by atoms with E-state index >= 15 is 0 Å². The van der Waals surface area contributed by atoms with Crippen LogP contribution in [0.3, 0.4) is 0 Å². The predicted octanol–water partition coefficient (Wildman–Crippen LogP) is 3.56. The molecule has 0 atom stereocenters. The van der Waals surface area contributed by atoms with Crippen LogP contribution in [0, 0.1) is 0 Å². The number of nitrogens with one attached hydrogen (secondary N) is 1. The van der Waals surface area contributed by atoms with Gasteiger partial charge in [-0.1, -0.05) is 29.8 Å². The number of carbonyl (C=O) groups is 1. The lowest BCUT2D eigenvalue weighted by Crippen LogP contribution is -2.48. The topological polar surface area (TPSA) is 82.6 Å². The number of rotatable bonds is 5. The van der Waals surface area contributed by atoms with E-state index in [9.17, 15) is 13.2 Å². The van der Waals surface area contributed by atoms with E-state index in [-0.39, 0.29) is 21.6 Å². The zero-order valence-electron chi connectivity index (χ0n) is 15.9. The van der Waals surface area contributed by atoms with Gasteiger partial charge in [-0.25, -0.2) is 13.4 Å². The van der Waals surface area contributed by atoms with Crippen molar-refractivity contribution in [2.45, 2.75) is 4.90 Å². The highest BCUT2D eigenvalue weighted by Gasteiger charge is 2.25. The summed E-state index contributed by atoms with van der Waals surface area (Å²) >= 11 is 7.03. The molecule has 30 heavy (non-hydrogen) atoms. The normalized spacial score (nSPS) is 14.6. The van der Waals surface area contributed by atoms with Crippen molar-refractivity contribution in [1.82, 2.24) is 9.88 Å². The summed E-state index contributed by atoms with van der Waals surface area (Å²) in [5.41, 5.74) is 1.31. The monoisotopic (exact) mass is 462 g/mol. The Bertz CT molecular complexity index is 1130. The minimum absolute atomic E-state index is 0.145. The minimum Gasteiger partial charge on any atom is -0.368 e. The highest BCUT2D eigenvalue weighted by molar-refractivity contribution is 7.93. The standard InChI is InChI=1S/C20H19ClN4O3S2/c21-15-6-8-16(9-7-15)24-10-12-25(13-11-24)19(26)18-14-29-20(22-18)23-30(27,28)17-4-2-1-3-5-17/h1-9,14H,10-13H2,(H,22,23). The molecule has 7 nitrogen and oxygen atoms in total. The summed E-state index contributed by atoms with van der Waals surface area (Å²) in [7, 11) is -3.73. The van der Waals surface area contributed by atoms with Crippen LogP contribution in [0.2, 0.25) is 5.02 Å². The number of amides is 1. The number of benzene rings is 2. The van der Waals surface area contributed by atoms with Gasteiger partial charge in [0.15, 0.2) is 5.13 Å². The molecular weight excluding hydrogens is 444 g/mol. The van der Waals surface area contributed by atoms with E-state index in [0.29, 0.717) is 31.2 Å². The number of nitrogens with zero attached hydrogens (tertiary/aromatic N) is 3. The number of anilines is 2. The fourth-order valence-electron chi connectivity index (χ4n) is 3.17. The van der Waals surface area contributed by atoms with E-state index in [0.717, 1.165) is 17.0 Å². The number of piperazine rings is 1. The van der Waals surface area contributed by atoms with Crippen molar-refractivity contribution in [1.29, 1.82) is 0 Å². The third-order valence-corrected chi connectivity index (χ3v) is 7.25. The Morgan fingerprint density at radius 3 is 2.33 bits per heavy atom. The van der Waals surface area contributed by atoms with Crippen molar-refractivity contribution in [3.8, 4) is 0 Å². The summed E-state index contributed by atoms with van der Waals surface area (Å²) in [6, 6.07) is 15.7. The van der Waals surface area contributed by atoms with Gasteiger partial charge < -0.3 is 9.80 Å². The zero-order valence-corrected chi connectivity index (χ0v) is 18.3. The quantitative estimate of drug-likeness (QED) is 0.626. The summed E-state index contributed by atoms with van der Waals surface area (Å²) in [4.78, 5) is 21.1. The molecular formula is C20H19ClN4O3S2. The summed E-state index contributed by atoms with van der Waals surface area (Å²) in [6.45, 7) is 2.52. The van der Waals surface area contributed by atoms with Crippen LogP contribution in [0.25, 0.3) is 0 Å². The Morgan fingerprint density at radius 1 is 1.00 bits per heavy atom. The molecule has 4 rings (SSSR count). The Labute approximate surface area is 184 Å². The van der Waals surface area contributed by atoms with Crippen LogP contribution < -0.4 is 9.62 Å². The highest BCUT2D eigenvalue weighted by Crippen LogP contribution is 2.23. The van der Waals surface area contributed by atoms with Crippen LogP contribution in [0.1, 0.15) is 10.5 Å². The van der Waals surface area contributed by atoms with Gasteiger partial charge in [0.05, 0.1) is 4.90 Å². The number of thiazole rings is 1. The first-order valence-electron chi connectivity index (χ1n) is 9.25. The Morgan fingerprint density at radius 2 is 1.67 bits per heavy atom. The number of halogens is 1. The zero-order chi connectivity index (χ0) is 21.1. The smallest absolute Gasteiger partial charge is 0.273 e. The molecule has 156 valence electrons. The molecule has 1 saturated heterocycles. The van der Waals surface area contributed by atoms with Crippen LogP contribution >= 0.6 is 22.9 Å². The highest BCUT2D eigenvalue weighted by atomic mass is 35.5. The van der Waals surface area contributed by atoms with Gasteiger partial charge in [-0.2, -0.15) is 0 Å². The van der Waals surface area contributed by atoms with E-state index in [1.807, 2.05) is 24.3 Å². The SMILES string of the molecule is O=C(c1csc(NS(=O)(=O)c2ccccc2)n1)N1CCN(c2ccc(Cl)cc2)CC1. The molecule has 1 fully saturated rings. The van der Waals surface area contributed by atoms with E-state index in [1.165, 1.54) is 12.1 Å². The first kappa shape index (κ1) is 20.6. The molecule has 0 saturated carbocycles. The summed E-state index contributed by atoms with van der Waals surface area (Å²) in [5.74, 6) is -0.202. The Hall–Kier alpha value is -2.62. The second-order valence-corrected chi connectivity index (χ2v) is 9.69. The predicted molar refractivity (Wildman–Crippen MR) is 119 cm³/mol. The van der Waals surface area contributed by atoms with Crippen molar-refractivity contribution >= 4 is 49.7 Å². The fourth-order valence-corrected chi connectivity index (χ4v) is 5.26. The van der Waals surface area contributed by atoms with Crippen LogP contribution in [-0.2, 0) is 10.0 Å². The van der Waals surface area contributed by atoms with Crippen LogP contribution in [0.4, 0.5) is 10.8 Å². The average molecular weight is 463 g/mol. The van der Waals surface area contributed by atoms with Gasteiger partial charge in [-0.3, -0.25) is 9.52 Å². The molecule has 1 N–H and O–H groups in total. The van der Waals surface area contributed by atoms with Crippen molar-refractivity contribution in [3.05, 3.63) is 70.7 Å². The number of hydrogen-bond acceptors (Lipinski definition) is 6. The van der Waals surface area contributed by atoms with Crippen molar-refractivity contribution < 1.29 is 13.2 Å². The maximum Gasteiger partial charge on any atom is 0.273 e. The molecule has 0 aliphatic carbocycles. The van der Waals surface area contributed by atoms with Gasteiger partial charge in [-0.15, -0.1) is 11.3 Å². The molecule has 10 heteroatoms. The van der Waals surface area contributed by atoms with Gasteiger partial charge in [0.2, 0.25) is 0 Å². The van der Waals surface area contributed by atoms with Gasteiger partial charge in [0.25, 0.3) is 15.9 Å². The Kier molecular flexibility index (Phi) is 5.94. The largest absolute Gasteiger partial charge is 0.368 e. The Balaban J connectivity index is 1.38. The summed E-state index contributed by atoms with van der Waals surface area (Å²) in [6.07, 6.45) is 0. The molecule has 0 spiro atoms. The van der Waals surface area contributed by atoms with E-state index < -0.39 is 10.0 Å². The van der Waals surface area contributed by atoms with Crippen molar-refractivity contribution in [2.24, 2.45) is 0 Å². The van der Waals surface area contributed by atoms with Crippen molar-refractivity contribution in [3.63, 3.8) is 0 Å². The number of carbonyl (C=O) groups excluding carboxylic acids is 1. The number of aromatic nitrogens is 1. The molecule has 1 aliphatic rings. The van der Waals surface area contributed by atoms with Crippen molar-refractivity contribution in [2.75, 3.05) is 35.8 Å². The van der Waals surface area contributed by atoms with E-state index in [1.54, 1.807) is 28.5 Å². The first-order valence-corrected chi connectivity index (χ1v) is 12.0. The molecule has 1 amide bonds. The molecule has 2 heterocycles. The molecule has 0 bridgehead atoms. The van der Waals surface area contributed by atoms with Gasteiger partial charge in [0, 0.05) is 42.3 Å². The fraction of sp³-hybridized carbons (Fsp3) is 0.200. The molecule has 0 radical (unpaired) electrons. The molecule has 0 unspecified atom stereocenters. The minimum atomic E-state index is -3.73. The lowest BCUT2D eigenvalue weighted by atomic mass is 10.2. The van der Waals surface area contributed by atoms with Crippen LogP contribution in [-0.4, -0.2) is 50.4 Å². The molecule has 2 aromatic carbocycles. The molecule has 1 aromatic heterocycles. The van der Waals surface area contributed by atoms with Gasteiger partial charge >= 0.3 is 0 Å². The lowest BCUT2D eigenvalue weighted by molar-refractivity contribution is 0.0742. The summed E-state index contributed by atoms with van der Waals surface area (Å²) < 4.78 is 27.3. The van der Waals surface area contributed by atoms with E-state index in [2.05, 4.69) is 14.6 Å². The van der Waals surface area contributed by atoms with Gasteiger partial charge in [-0.05, 0) is 36.4 Å². The second kappa shape index (κ2) is 8.63. The number of sulfonamides is 1. The van der Waals surface area contributed by atoms with Gasteiger partial charge in [0.1, 0.15) is 5.69 Å². The summed E-state index contributed by atoms with van der Waals surface area (Å²) in [5, 5.41) is 2.44. The third kappa shape index (κ3) is 4.58. The van der Waals surface area contributed by atoms with Crippen LogP contribution in [0.15, 0.2) is 64.9 Å². The first-order chi connectivity index (χ1) is 14.4. The number of hydrogen-bond donors (Lipinski definition) is 1. The average Bonchev–Trinajstić information content (AvgIpc) is 3.22. The maximum absolute atomic E-state index is 12.8. The van der Waals surface area contributed by atoms with E-state index in [4.69, 9.17) is 11.6 Å². The maximum atomic E-state index is 12.8. The molecule has 3 aromatic rings. The lowest BCUT2D eigenvalue weighted by Gasteiger charge is -2.35. The third-order valence-electron chi connectivity index (χ3n) is 4.76. The second-order valence-electron chi connectivity index (χ2n) is 6.71.